The van der Waals surface area contributed by atoms with Crippen molar-refractivity contribution in [3.05, 3.63) is 72.3 Å². The highest BCUT2D eigenvalue weighted by Crippen LogP contribution is 2.22. The van der Waals surface area contributed by atoms with E-state index in [1.807, 2.05) is 41.3 Å². The first-order valence-electron chi connectivity index (χ1n) is 9.49. The number of aromatic nitrogens is 4. The first kappa shape index (κ1) is 18.0. The Hall–Kier alpha value is -3.35. The van der Waals surface area contributed by atoms with Crippen molar-refractivity contribution in [2.45, 2.75) is 19.3 Å². The van der Waals surface area contributed by atoms with Crippen LogP contribution in [0.2, 0.25) is 0 Å². The Morgan fingerprint density at radius 1 is 1.07 bits per heavy atom. The van der Waals surface area contributed by atoms with Crippen molar-refractivity contribution in [2.24, 2.45) is 5.92 Å². The Morgan fingerprint density at radius 3 is 2.82 bits per heavy atom. The molecular formula is C21H22N6O. The highest BCUT2D eigenvalue weighted by molar-refractivity contribution is 5.92. The van der Waals surface area contributed by atoms with Crippen LogP contribution < -0.4 is 5.32 Å². The molecule has 1 saturated heterocycles. The monoisotopic (exact) mass is 374 g/mol. The molecule has 3 aromatic rings. The summed E-state index contributed by atoms with van der Waals surface area (Å²) in [6, 6.07) is 15.1. The number of anilines is 2. The van der Waals surface area contributed by atoms with Crippen LogP contribution in [0.1, 0.15) is 29.0 Å². The summed E-state index contributed by atoms with van der Waals surface area (Å²) < 4.78 is 0. The number of hydrogen-bond acceptors (Lipinski definition) is 6. The summed E-state index contributed by atoms with van der Waals surface area (Å²) >= 11 is 0. The number of carbonyl (C=O) groups excluding carboxylic acids is 1. The molecule has 0 aromatic carbocycles. The third kappa shape index (κ3) is 4.49. The Labute approximate surface area is 163 Å². The van der Waals surface area contributed by atoms with Crippen LogP contribution in [0.3, 0.4) is 0 Å². The van der Waals surface area contributed by atoms with Crippen LogP contribution in [-0.4, -0.2) is 44.1 Å². The first-order valence-corrected chi connectivity index (χ1v) is 9.49. The van der Waals surface area contributed by atoms with Crippen molar-refractivity contribution in [1.82, 2.24) is 25.1 Å². The van der Waals surface area contributed by atoms with Crippen LogP contribution >= 0.6 is 0 Å². The molecular weight excluding hydrogens is 352 g/mol. The predicted molar refractivity (Wildman–Crippen MR) is 106 cm³/mol. The fourth-order valence-corrected chi connectivity index (χ4v) is 3.52. The van der Waals surface area contributed by atoms with Gasteiger partial charge in [-0.2, -0.15) is 5.10 Å². The topological polar surface area (TPSA) is 83.9 Å². The highest BCUT2D eigenvalue weighted by Gasteiger charge is 2.25. The molecule has 0 saturated carbocycles. The van der Waals surface area contributed by atoms with Gasteiger partial charge in [-0.15, -0.1) is 5.10 Å². The zero-order chi connectivity index (χ0) is 19.2. The predicted octanol–water partition coefficient (Wildman–Crippen LogP) is 3.11. The lowest BCUT2D eigenvalue weighted by Gasteiger charge is -2.32. The molecule has 7 heteroatoms. The van der Waals surface area contributed by atoms with Gasteiger partial charge in [0, 0.05) is 31.2 Å². The molecule has 0 aliphatic carbocycles. The van der Waals surface area contributed by atoms with Gasteiger partial charge in [-0.25, -0.2) is 9.97 Å². The van der Waals surface area contributed by atoms with E-state index in [9.17, 15) is 4.79 Å². The van der Waals surface area contributed by atoms with Crippen molar-refractivity contribution in [1.29, 1.82) is 0 Å². The number of carbonyl (C=O) groups is 1. The summed E-state index contributed by atoms with van der Waals surface area (Å²) in [6.45, 7) is 1.48. The third-order valence-corrected chi connectivity index (χ3v) is 4.82. The molecule has 142 valence electrons. The van der Waals surface area contributed by atoms with Gasteiger partial charge in [-0.1, -0.05) is 12.1 Å². The average molecular weight is 374 g/mol. The van der Waals surface area contributed by atoms with E-state index >= 15 is 0 Å². The molecule has 1 aliphatic rings. The fraction of sp³-hybridized carbons (Fsp3) is 0.286. The molecule has 4 rings (SSSR count). The van der Waals surface area contributed by atoms with E-state index < -0.39 is 0 Å². The number of hydrogen-bond donors (Lipinski definition) is 1. The summed E-state index contributed by atoms with van der Waals surface area (Å²) in [6.07, 6.45) is 6.23. The van der Waals surface area contributed by atoms with Crippen LogP contribution in [0.15, 0.2) is 60.9 Å². The summed E-state index contributed by atoms with van der Waals surface area (Å²) in [4.78, 5) is 23.5. The van der Waals surface area contributed by atoms with E-state index in [4.69, 9.17) is 4.98 Å². The molecule has 1 aliphatic heterocycles. The molecule has 4 heterocycles. The number of piperidine rings is 1. The van der Waals surface area contributed by atoms with Gasteiger partial charge in [0.15, 0.2) is 5.69 Å². The van der Waals surface area contributed by atoms with Crippen LogP contribution in [-0.2, 0) is 6.42 Å². The molecule has 0 spiro atoms. The van der Waals surface area contributed by atoms with E-state index in [0.29, 0.717) is 11.6 Å². The van der Waals surface area contributed by atoms with Crippen LogP contribution in [0.25, 0.3) is 0 Å². The van der Waals surface area contributed by atoms with Crippen molar-refractivity contribution < 1.29 is 4.79 Å². The van der Waals surface area contributed by atoms with Gasteiger partial charge in [0.2, 0.25) is 0 Å². The maximum Gasteiger partial charge on any atom is 0.274 e. The Bertz CT molecular complexity index is 918. The van der Waals surface area contributed by atoms with Crippen LogP contribution in [0.4, 0.5) is 11.6 Å². The second-order valence-corrected chi connectivity index (χ2v) is 6.93. The zero-order valence-corrected chi connectivity index (χ0v) is 15.5. The van der Waals surface area contributed by atoms with E-state index in [1.54, 1.807) is 24.5 Å². The number of nitrogens with zero attached hydrogens (tertiary/aromatic N) is 5. The standard InChI is InChI=1S/C21H22N6O/c28-21(18-8-4-12-23-26-18)27-13-5-6-16(15-27)14-17-7-3-10-20(24-17)25-19-9-1-2-11-22-19/h1-4,7-12,16H,5-6,13-15H2,(H,22,24,25)/t16-/m0/s1. The molecule has 7 nitrogen and oxygen atoms in total. The van der Waals surface area contributed by atoms with Gasteiger partial charge >= 0.3 is 0 Å². The van der Waals surface area contributed by atoms with Crippen molar-refractivity contribution in [2.75, 3.05) is 18.4 Å². The summed E-state index contributed by atoms with van der Waals surface area (Å²) in [5.41, 5.74) is 1.42. The summed E-state index contributed by atoms with van der Waals surface area (Å²) in [7, 11) is 0. The quantitative estimate of drug-likeness (QED) is 0.739. The van der Waals surface area contributed by atoms with E-state index in [0.717, 1.165) is 49.7 Å². The molecule has 0 radical (unpaired) electrons. The van der Waals surface area contributed by atoms with Crippen molar-refractivity contribution >= 4 is 17.5 Å². The highest BCUT2D eigenvalue weighted by atomic mass is 16.2. The van der Waals surface area contributed by atoms with Crippen molar-refractivity contribution in [3.63, 3.8) is 0 Å². The number of rotatable bonds is 5. The summed E-state index contributed by atoms with van der Waals surface area (Å²) in [5, 5.41) is 11.0. The lowest BCUT2D eigenvalue weighted by molar-refractivity contribution is 0.0665. The second-order valence-electron chi connectivity index (χ2n) is 6.93. The van der Waals surface area contributed by atoms with E-state index in [1.165, 1.54) is 0 Å². The van der Waals surface area contributed by atoms with E-state index in [2.05, 4.69) is 20.5 Å². The molecule has 0 bridgehead atoms. The Morgan fingerprint density at radius 2 is 2.00 bits per heavy atom. The minimum atomic E-state index is -0.0451. The second kappa shape index (κ2) is 8.56. The minimum absolute atomic E-state index is 0.0451. The maximum absolute atomic E-state index is 12.6. The van der Waals surface area contributed by atoms with Gasteiger partial charge in [-0.05, 0) is 61.6 Å². The van der Waals surface area contributed by atoms with Gasteiger partial charge < -0.3 is 10.2 Å². The normalized spacial score (nSPS) is 16.6. The first-order chi connectivity index (χ1) is 13.8. The molecule has 1 amide bonds. The molecule has 0 unspecified atom stereocenters. The largest absolute Gasteiger partial charge is 0.337 e. The number of amides is 1. The fourth-order valence-electron chi connectivity index (χ4n) is 3.52. The Kier molecular flexibility index (Phi) is 5.51. The smallest absolute Gasteiger partial charge is 0.274 e. The lowest BCUT2D eigenvalue weighted by atomic mass is 9.93. The molecule has 1 atom stereocenters. The van der Waals surface area contributed by atoms with Gasteiger partial charge in [0.25, 0.3) is 5.91 Å². The lowest BCUT2D eigenvalue weighted by Crippen LogP contribution is -2.41. The molecule has 28 heavy (non-hydrogen) atoms. The summed E-state index contributed by atoms with van der Waals surface area (Å²) in [5.74, 6) is 1.88. The molecule has 3 aromatic heterocycles. The zero-order valence-electron chi connectivity index (χ0n) is 15.5. The maximum atomic E-state index is 12.6. The number of nitrogens with one attached hydrogen (secondary N) is 1. The van der Waals surface area contributed by atoms with Crippen LogP contribution in [0, 0.1) is 5.92 Å². The van der Waals surface area contributed by atoms with Gasteiger partial charge in [0.05, 0.1) is 0 Å². The number of likely N-dealkylation sites (tertiary alicyclic amines) is 1. The average Bonchev–Trinajstić information content (AvgIpc) is 2.75. The Balaban J connectivity index is 1.40. The number of pyridine rings is 2. The van der Waals surface area contributed by atoms with Crippen molar-refractivity contribution in [3.8, 4) is 0 Å². The van der Waals surface area contributed by atoms with Gasteiger partial charge in [0.1, 0.15) is 11.6 Å². The third-order valence-electron chi connectivity index (χ3n) is 4.82. The molecule has 1 fully saturated rings. The SMILES string of the molecule is O=C(c1cccnn1)N1CCC[C@@H](Cc2cccc(Nc3ccccn3)n2)C1. The minimum Gasteiger partial charge on any atom is -0.337 e. The van der Waals surface area contributed by atoms with Crippen LogP contribution in [0.5, 0.6) is 0 Å². The van der Waals surface area contributed by atoms with Gasteiger partial charge in [-0.3, -0.25) is 4.79 Å². The molecule has 1 N–H and O–H groups in total. The van der Waals surface area contributed by atoms with E-state index in [-0.39, 0.29) is 5.91 Å².